The van der Waals surface area contributed by atoms with E-state index in [2.05, 4.69) is 5.32 Å². The Hall–Kier alpha value is -0.730. The van der Waals surface area contributed by atoms with Gasteiger partial charge in [-0.1, -0.05) is 0 Å². The van der Waals surface area contributed by atoms with Crippen molar-refractivity contribution in [1.29, 1.82) is 0 Å². The van der Waals surface area contributed by atoms with E-state index in [-0.39, 0.29) is 6.42 Å². The van der Waals surface area contributed by atoms with Gasteiger partial charge in [0.15, 0.2) is 0 Å². The average Bonchev–Trinajstić information content (AvgIpc) is 2.59. The molecule has 1 amide bonds. The van der Waals surface area contributed by atoms with Gasteiger partial charge in [-0.2, -0.15) is 0 Å². The first-order valence-corrected chi connectivity index (χ1v) is 10.7. The Morgan fingerprint density at radius 3 is 2.39 bits per heavy atom. The van der Waals surface area contributed by atoms with Crippen molar-refractivity contribution in [2.45, 2.75) is 50.1 Å². The summed E-state index contributed by atoms with van der Waals surface area (Å²) < 4.78 is 20.6. The number of amides is 1. The molecule has 164 valence electrons. The number of aliphatic carboxylic acids is 1. The molecule has 0 aromatic rings. The van der Waals surface area contributed by atoms with E-state index in [1.54, 1.807) is 0 Å². The van der Waals surface area contributed by atoms with Gasteiger partial charge >= 0.3 is 12.7 Å². The molecule has 1 heterocycles. The highest BCUT2D eigenvalue weighted by molar-refractivity contribution is 8.07. The highest BCUT2D eigenvalue weighted by Gasteiger charge is 2.53. The molecule has 0 radical (unpaired) electrons. The van der Waals surface area contributed by atoms with Crippen LogP contribution in [0.5, 0.6) is 0 Å². The predicted molar refractivity (Wildman–Crippen MR) is 96.3 cm³/mol. The van der Waals surface area contributed by atoms with Gasteiger partial charge in [-0.3, -0.25) is 4.79 Å². The Kier molecular flexibility index (Phi) is 9.35. The van der Waals surface area contributed by atoms with Gasteiger partial charge in [-0.25, -0.2) is 4.79 Å². The van der Waals surface area contributed by atoms with Gasteiger partial charge in [-0.05, 0) is 11.8 Å². The van der Waals surface area contributed by atoms with Crippen LogP contribution in [-0.2, 0) is 39.7 Å². The standard InChI is InChI=1S/C14H26NO11PS/c1-7(17)15-12(19)11-9(18)5-14(22,13(20)21)25-10(11)4-8(6-16)26-27(28,23-2)24-3/h8-12,16,18-19,22H,4-6H2,1-3H3,(H,15,17)(H,20,21)/t8-,9-,10-,11-,12-,14-/m0/s1. The first-order valence-electron chi connectivity index (χ1n) is 8.19. The second-order valence-corrected chi connectivity index (χ2v) is 9.38. The number of aliphatic hydroxyl groups is 4. The number of rotatable bonds is 10. The minimum absolute atomic E-state index is 0.310. The smallest absolute Gasteiger partial charge is 0.364 e. The van der Waals surface area contributed by atoms with E-state index in [0.29, 0.717) is 0 Å². The van der Waals surface area contributed by atoms with Gasteiger partial charge in [0.05, 0.1) is 30.8 Å². The van der Waals surface area contributed by atoms with Gasteiger partial charge in [-0.15, -0.1) is 0 Å². The third kappa shape index (κ3) is 6.39. The van der Waals surface area contributed by atoms with Crippen LogP contribution in [0.1, 0.15) is 19.8 Å². The average molecular weight is 447 g/mol. The molecule has 1 fully saturated rings. The summed E-state index contributed by atoms with van der Waals surface area (Å²) in [5.74, 6) is -6.32. The summed E-state index contributed by atoms with van der Waals surface area (Å²) in [7, 11) is 2.48. The van der Waals surface area contributed by atoms with Crippen molar-refractivity contribution >= 4 is 30.4 Å². The van der Waals surface area contributed by atoms with E-state index in [9.17, 15) is 35.1 Å². The van der Waals surface area contributed by atoms with Gasteiger partial charge < -0.3 is 49.2 Å². The number of hydrogen-bond donors (Lipinski definition) is 6. The van der Waals surface area contributed by atoms with Gasteiger partial charge in [0, 0.05) is 34.0 Å². The van der Waals surface area contributed by atoms with E-state index < -0.39 is 67.9 Å². The zero-order valence-corrected chi connectivity index (χ0v) is 17.3. The van der Waals surface area contributed by atoms with Crippen molar-refractivity contribution in [3.63, 3.8) is 0 Å². The summed E-state index contributed by atoms with van der Waals surface area (Å²) in [5, 5.41) is 51.7. The number of ether oxygens (including phenoxy) is 1. The summed E-state index contributed by atoms with van der Waals surface area (Å²) >= 11 is 5.06. The molecule has 0 saturated carbocycles. The Labute approximate surface area is 166 Å². The summed E-state index contributed by atoms with van der Waals surface area (Å²) in [6.07, 6.45) is -6.70. The van der Waals surface area contributed by atoms with E-state index in [0.717, 1.165) is 6.92 Å². The van der Waals surface area contributed by atoms with E-state index in [1.165, 1.54) is 14.2 Å². The lowest BCUT2D eigenvalue weighted by atomic mass is 9.83. The number of carbonyl (C=O) groups is 2. The van der Waals surface area contributed by atoms with Crippen LogP contribution in [0.15, 0.2) is 0 Å². The maximum Gasteiger partial charge on any atom is 0.364 e. The number of carboxylic acids is 1. The normalized spacial score (nSPS) is 30.5. The molecule has 0 aromatic carbocycles. The monoisotopic (exact) mass is 447 g/mol. The van der Waals surface area contributed by atoms with Crippen LogP contribution in [0, 0.1) is 5.92 Å². The van der Waals surface area contributed by atoms with E-state index in [4.69, 9.17) is 30.1 Å². The Morgan fingerprint density at radius 2 is 1.96 bits per heavy atom. The SMILES string of the molecule is COP(=S)(OC)O[C@H](CO)C[C@@H]1O[C@](O)(C(=O)O)C[C@H](O)[C@@H]1[C@H](O)NC(C)=O. The lowest BCUT2D eigenvalue weighted by molar-refractivity contribution is -0.297. The first kappa shape index (κ1) is 25.3. The van der Waals surface area contributed by atoms with E-state index in [1.807, 2.05) is 0 Å². The van der Waals surface area contributed by atoms with Crippen molar-refractivity contribution < 1.29 is 53.4 Å². The van der Waals surface area contributed by atoms with Crippen LogP contribution >= 0.6 is 6.72 Å². The summed E-state index contributed by atoms with van der Waals surface area (Å²) in [4.78, 5) is 22.6. The highest BCUT2D eigenvalue weighted by Crippen LogP contribution is 2.50. The zero-order chi connectivity index (χ0) is 21.7. The molecule has 6 atom stereocenters. The minimum atomic E-state index is -3.21. The molecular formula is C14H26NO11PS. The topological polar surface area (TPSA) is 184 Å². The predicted octanol–water partition coefficient (Wildman–Crippen LogP) is -1.73. The minimum Gasteiger partial charge on any atom is -0.477 e. The summed E-state index contributed by atoms with van der Waals surface area (Å²) in [6.45, 7) is -2.69. The molecule has 1 rings (SSSR count). The summed E-state index contributed by atoms with van der Waals surface area (Å²) in [6, 6.07) is 0. The van der Waals surface area contributed by atoms with Gasteiger partial charge in [0.2, 0.25) is 5.91 Å². The van der Waals surface area contributed by atoms with Crippen molar-refractivity contribution in [2.75, 3.05) is 20.8 Å². The third-order valence-electron chi connectivity index (χ3n) is 4.18. The molecule has 0 aromatic heterocycles. The van der Waals surface area contributed by atoms with Crippen molar-refractivity contribution in [3.8, 4) is 0 Å². The van der Waals surface area contributed by atoms with E-state index >= 15 is 0 Å². The largest absolute Gasteiger partial charge is 0.477 e. The zero-order valence-electron chi connectivity index (χ0n) is 15.5. The fourth-order valence-electron chi connectivity index (χ4n) is 2.86. The molecule has 1 aliphatic heterocycles. The van der Waals surface area contributed by atoms with Gasteiger partial charge in [0.1, 0.15) is 6.23 Å². The maximum absolute atomic E-state index is 11.3. The summed E-state index contributed by atoms with van der Waals surface area (Å²) in [5.41, 5.74) is 0. The van der Waals surface area contributed by atoms with Crippen LogP contribution in [0.4, 0.5) is 0 Å². The number of hydrogen-bond acceptors (Lipinski definition) is 11. The molecule has 1 aliphatic rings. The molecule has 0 bridgehead atoms. The maximum atomic E-state index is 11.3. The van der Waals surface area contributed by atoms with Crippen LogP contribution in [0.25, 0.3) is 0 Å². The fourth-order valence-corrected chi connectivity index (χ4v) is 4.06. The number of nitrogens with one attached hydrogen (secondary N) is 1. The lowest BCUT2D eigenvalue weighted by Gasteiger charge is -2.44. The van der Waals surface area contributed by atoms with Crippen LogP contribution in [-0.4, -0.2) is 88.6 Å². The third-order valence-corrected chi connectivity index (χ3v) is 6.78. The quantitative estimate of drug-likeness (QED) is 0.164. The van der Waals surface area contributed by atoms with Crippen molar-refractivity contribution in [1.82, 2.24) is 5.32 Å². The van der Waals surface area contributed by atoms with Crippen molar-refractivity contribution in [3.05, 3.63) is 0 Å². The van der Waals surface area contributed by atoms with Crippen molar-refractivity contribution in [2.24, 2.45) is 5.92 Å². The molecule has 28 heavy (non-hydrogen) atoms. The molecular weight excluding hydrogens is 421 g/mol. The molecule has 0 aliphatic carbocycles. The number of carbonyl (C=O) groups excluding carboxylic acids is 1. The second-order valence-electron chi connectivity index (χ2n) is 6.20. The molecule has 6 N–H and O–H groups in total. The first-order chi connectivity index (χ1) is 12.9. The van der Waals surface area contributed by atoms with Crippen LogP contribution in [0.3, 0.4) is 0 Å². The lowest BCUT2D eigenvalue weighted by Crippen LogP contribution is -2.61. The molecule has 0 unspecified atom stereocenters. The molecule has 12 nitrogen and oxygen atoms in total. The molecule has 0 spiro atoms. The van der Waals surface area contributed by atoms with Crippen LogP contribution < -0.4 is 5.32 Å². The Morgan fingerprint density at radius 1 is 1.39 bits per heavy atom. The van der Waals surface area contributed by atoms with Crippen LogP contribution in [0.2, 0.25) is 0 Å². The molecule has 1 saturated heterocycles. The Balaban J connectivity index is 3.13. The van der Waals surface area contributed by atoms with Gasteiger partial charge in [0.25, 0.3) is 5.79 Å². The highest BCUT2D eigenvalue weighted by atomic mass is 32.5. The second kappa shape index (κ2) is 10.3. The number of carboxylic acid groups (broad SMARTS) is 1. The molecule has 14 heteroatoms. The Bertz CT molecular complexity index is 600. The fraction of sp³-hybridized carbons (Fsp3) is 0.857. The number of aliphatic hydroxyl groups excluding tert-OH is 3.